The normalized spacial score (nSPS) is 28.5. The van der Waals surface area contributed by atoms with Crippen molar-refractivity contribution in [1.29, 1.82) is 0 Å². The van der Waals surface area contributed by atoms with Crippen molar-refractivity contribution in [2.45, 2.75) is 90.5 Å². The fourth-order valence-electron chi connectivity index (χ4n) is 4.54. The quantitative estimate of drug-likeness (QED) is 0.502. The second kappa shape index (κ2) is 9.24. The molecule has 2 aliphatic rings. The van der Waals surface area contributed by atoms with Gasteiger partial charge < -0.3 is 14.7 Å². The number of aliphatic hydroxyl groups is 1. The molecule has 1 radical (unpaired) electrons. The zero-order chi connectivity index (χ0) is 17.7. The Morgan fingerprint density at radius 1 is 1.38 bits per heavy atom. The number of hydrogen-bond donors (Lipinski definition) is 1. The summed E-state index contributed by atoms with van der Waals surface area (Å²) in [4.78, 5) is 2.27. The zero-order valence-corrected chi connectivity index (χ0v) is 15.8. The predicted molar refractivity (Wildman–Crippen MR) is 97.4 cm³/mol. The molecule has 0 spiro atoms. The van der Waals surface area contributed by atoms with Gasteiger partial charge >= 0.3 is 0 Å². The first-order chi connectivity index (χ1) is 11.5. The van der Waals surface area contributed by atoms with E-state index in [1.807, 2.05) is 7.48 Å². The molecule has 0 saturated carbocycles. The summed E-state index contributed by atoms with van der Waals surface area (Å²) in [5, 5.41) is 11.1. The molecule has 24 heavy (non-hydrogen) atoms. The third-order valence-corrected chi connectivity index (χ3v) is 5.59. The van der Waals surface area contributed by atoms with Crippen LogP contribution in [-0.4, -0.2) is 43.0 Å². The van der Waals surface area contributed by atoms with Crippen LogP contribution in [0.15, 0.2) is 11.3 Å². The smallest absolute Gasteiger partial charge is 0.291 e. The summed E-state index contributed by atoms with van der Waals surface area (Å²) >= 11 is 0. The average Bonchev–Trinajstić information content (AvgIpc) is 2.81. The zero-order valence-electron chi connectivity index (χ0n) is 15.8. The molecule has 3 nitrogen and oxygen atoms in total. The highest BCUT2D eigenvalue weighted by Gasteiger charge is 2.45. The Labute approximate surface area is 147 Å². The molecule has 0 aromatic heterocycles. The van der Waals surface area contributed by atoms with Crippen LogP contribution in [0.1, 0.15) is 65.7 Å². The van der Waals surface area contributed by atoms with E-state index in [0.717, 1.165) is 38.4 Å². The monoisotopic (exact) mass is 338 g/mol. The fraction of sp³-hybridized carbons (Fsp3) is 0.895. The summed E-state index contributed by atoms with van der Waals surface area (Å²) in [6, 6.07) is 0.347. The maximum atomic E-state index is 14.0. The Morgan fingerprint density at radius 3 is 2.75 bits per heavy atom. The van der Waals surface area contributed by atoms with Gasteiger partial charge in [-0.05, 0) is 37.2 Å². The van der Waals surface area contributed by atoms with E-state index in [9.17, 15) is 9.50 Å². The molecule has 0 aromatic rings. The molecule has 0 aromatic carbocycles. The van der Waals surface area contributed by atoms with Crippen molar-refractivity contribution < 1.29 is 14.2 Å². The van der Waals surface area contributed by atoms with Gasteiger partial charge in [-0.1, -0.05) is 39.9 Å². The minimum absolute atomic E-state index is 0.0865. The third kappa shape index (κ3) is 4.34. The van der Waals surface area contributed by atoms with Gasteiger partial charge in [0.2, 0.25) is 0 Å². The summed E-state index contributed by atoms with van der Waals surface area (Å²) in [5.74, 6) is 0.424. The molecule has 137 valence electrons. The molecule has 1 aliphatic carbocycles. The molecular formula is C19H34BFNO2. The van der Waals surface area contributed by atoms with E-state index in [-0.39, 0.29) is 5.92 Å². The van der Waals surface area contributed by atoms with Gasteiger partial charge in [0.05, 0.1) is 0 Å². The van der Waals surface area contributed by atoms with Gasteiger partial charge in [-0.3, -0.25) is 0 Å². The second-order valence-corrected chi connectivity index (χ2v) is 7.68. The SMILES string of the molecule is CCCC(CCC[B]OC)N1C2=C(CC(F)CC2)C(C(C)C)C1O. The molecule has 5 heteroatoms. The second-order valence-electron chi connectivity index (χ2n) is 7.68. The molecule has 0 bridgehead atoms. The van der Waals surface area contributed by atoms with E-state index in [2.05, 4.69) is 25.7 Å². The number of halogens is 1. The maximum absolute atomic E-state index is 14.0. The number of hydrogen-bond acceptors (Lipinski definition) is 3. The molecule has 2 rings (SSSR count). The largest absolute Gasteiger partial charge is 0.443 e. The van der Waals surface area contributed by atoms with Crippen LogP contribution in [0.5, 0.6) is 0 Å². The molecule has 0 saturated heterocycles. The predicted octanol–water partition coefficient (Wildman–Crippen LogP) is 4.30. The minimum atomic E-state index is -0.738. The molecule has 0 amide bonds. The molecule has 1 N–H and O–H groups in total. The molecular weight excluding hydrogens is 304 g/mol. The summed E-state index contributed by atoms with van der Waals surface area (Å²) in [6.07, 6.45) is 5.89. The van der Waals surface area contributed by atoms with Gasteiger partial charge in [0.1, 0.15) is 12.4 Å². The Bertz CT molecular complexity index is 430. The van der Waals surface area contributed by atoms with E-state index >= 15 is 0 Å². The first-order valence-electron chi connectivity index (χ1n) is 9.68. The Hall–Kier alpha value is -0.545. The highest BCUT2D eigenvalue weighted by Crippen LogP contribution is 2.47. The Morgan fingerprint density at radius 2 is 2.12 bits per heavy atom. The average molecular weight is 338 g/mol. The van der Waals surface area contributed by atoms with Gasteiger partial charge in [-0.2, -0.15) is 0 Å². The van der Waals surface area contributed by atoms with E-state index in [1.54, 1.807) is 7.11 Å². The van der Waals surface area contributed by atoms with Crippen molar-refractivity contribution >= 4 is 7.48 Å². The van der Waals surface area contributed by atoms with E-state index in [1.165, 1.54) is 11.3 Å². The number of nitrogens with zero attached hydrogens (tertiary/aromatic N) is 1. The maximum Gasteiger partial charge on any atom is 0.291 e. The summed E-state index contributed by atoms with van der Waals surface area (Å²) < 4.78 is 19.0. The molecule has 0 fully saturated rings. The number of alkyl halides is 1. The van der Waals surface area contributed by atoms with Crippen LogP contribution in [0.25, 0.3) is 0 Å². The first-order valence-corrected chi connectivity index (χ1v) is 9.68. The molecule has 1 aliphatic heterocycles. The summed E-state index contributed by atoms with van der Waals surface area (Å²) in [5.41, 5.74) is 2.45. The Balaban J connectivity index is 2.18. The van der Waals surface area contributed by atoms with Crippen LogP contribution in [0.4, 0.5) is 4.39 Å². The standard InChI is InChI=1S/C19H34BFNO2/c1-5-7-15(8-6-11-20-24-4)22-17-10-9-14(21)12-16(17)18(13(2)3)19(22)23/h13-15,18-19,23H,5-12H2,1-4H3. The van der Waals surface area contributed by atoms with Crippen LogP contribution in [0, 0.1) is 11.8 Å². The van der Waals surface area contributed by atoms with Crippen molar-refractivity contribution in [2.75, 3.05) is 7.11 Å². The lowest BCUT2D eigenvalue weighted by molar-refractivity contribution is -0.0285. The van der Waals surface area contributed by atoms with Gasteiger partial charge in [0, 0.05) is 31.2 Å². The molecule has 1 heterocycles. The number of rotatable bonds is 9. The number of allylic oxidation sites excluding steroid dienone is 1. The van der Waals surface area contributed by atoms with Crippen molar-refractivity contribution in [3.8, 4) is 0 Å². The highest BCUT2D eigenvalue weighted by molar-refractivity contribution is 6.26. The van der Waals surface area contributed by atoms with E-state index in [0.29, 0.717) is 24.8 Å². The van der Waals surface area contributed by atoms with Crippen LogP contribution in [0.2, 0.25) is 6.32 Å². The van der Waals surface area contributed by atoms with Crippen molar-refractivity contribution in [1.82, 2.24) is 4.90 Å². The third-order valence-electron chi connectivity index (χ3n) is 5.59. The van der Waals surface area contributed by atoms with Crippen LogP contribution < -0.4 is 0 Å². The first kappa shape index (κ1) is 19.8. The minimum Gasteiger partial charge on any atom is -0.443 e. The van der Waals surface area contributed by atoms with Gasteiger partial charge in [0.25, 0.3) is 7.48 Å². The van der Waals surface area contributed by atoms with Crippen LogP contribution in [-0.2, 0) is 4.65 Å². The van der Waals surface area contributed by atoms with Gasteiger partial charge in [0.15, 0.2) is 0 Å². The highest BCUT2D eigenvalue weighted by atomic mass is 19.1. The van der Waals surface area contributed by atoms with Crippen LogP contribution >= 0.6 is 0 Å². The lowest BCUT2D eigenvalue weighted by Gasteiger charge is -2.37. The summed E-state index contributed by atoms with van der Waals surface area (Å²) in [7, 11) is 3.53. The lowest BCUT2D eigenvalue weighted by atomic mass is 9.82. The van der Waals surface area contributed by atoms with Crippen molar-refractivity contribution in [2.24, 2.45) is 11.8 Å². The summed E-state index contributed by atoms with van der Waals surface area (Å²) in [6.45, 7) is 6.49. The molecule has 4 atom stereocenters. The van der Waals surface area contributed by atoms with Crippen LogP contribution in [0.3, 0.4) is 0 Å². The van der Waals surface area contributed by atoms with E-state index < -0.39 is 12.4 Å². The van der Waals surface area contributed by atoms with Gasteiger partial charge in [-0.15, -0.1) is 0 Å². The van der Waals surface area contributed by atoms with Gasteiger partial charge in [-0.25, -0.2) is 4.39 Å². The number of aliphatic hydroxyl groups excluding tert-OH is 1. The Kier molecular flexibility index (Phi) is 7.61. The molecule has 4 unspecified atom stereocenters. The lowest BCUT2D eigenvalue weighted by Crippen LogP contribution is -2.42. The fourth-order valence-corrected chi connectivity index (χ4v) is 4.54. The van der Waals surface area contributed by atoms with Crippen molar-refractivity contribution in [3.63, 3.8) is 0 Å². The van der Waals surface area contributed by atoms with E-state index in [4.69, 9.17) is 4.65 Å². The topological polar surface area (TPSA) is 32.7 Å². The van der Waals surface area contributed by atoms with Crippen molar-refractivity contribution in [3.05, 3.63) is 11.3 Å².